The van der Waals surface area contributed by atoms with Gasteiger partial charge in [-0.15, -0.1) is 11.3 Å². The van der Waals surface area contributed by atoms with E-state index in [1.165, 1.54) is 27.8 Å². The summed E-state index contributed by atoms with van der Waals surface area (Å²) in [5.74, 6) is -0.967. The first-order valence-corrected chi connectivity index (χ1v) is 10.1. The molecule has 0 N–H and O–H groups in total. The predicted molar refractivity (Wildman–Crippen MR) is 91.7 cm³/mol. The molecule has 1 saturated heterocycles. The average Bonchev–Trinajstić information content (AvgIpc) is 3.00. The second-order valence-corrected chi connectivity index (χ2v) is 8.69. The lowest BCUT2D eigenvalue weighted by Crippen LogP contribution is -2.40. The van der Waals surface area contributed by atoms with Crippen LogP contribution in [-0.4, -0.2) is 36.3 Å². The van der Waals surface area contributed by atoms with Crippen LogP contribution in [0.25, 0.3) is 0 Å². The van der Waals surface area contributed by atoms with Gasteiger partial charge in [-0.25, -0.2) is 12.8 Å². The molecule has 6 nitrogen and oxygen atoms in total. The van der Waals surface area contributed by atoms with E-state index in [0.29, 0.717) is 17.6 Å². The quantitative estimate of drug-likeness (QED) is 0.811. The van der Waals surface area contributed by atoms with Crippen molar-refractivity contribution in [2.24, 2.45) is 18.0 Å². The number of carbonyl (C=O) groups is 1. The first kappa shape index (κ1) is 18.0. The molecule has 25 heavy (non-hydrogen) atoms. The van der Waals surface area contributed by atoms with Crippen molar-refractivity contribution in [1.29, 1.82) is 0 Å². The van der Waals surface area contributed by atoms with Crippen molar-refractivity contribution in [3.63, 3.8) is 0 Å². The zero-order chi connectivity index (χ0) is 18.0. The average molecular weight is 383 g/mol. The Morgan fingerprint density at radius 1 is 1.24 bits per heavy atom. The Morgan fingerprint density at radius 3 is 2.44 bits per heavy atom. The molecule has 0 spiro atoms. The van der Waals surface area contributed by atoms with E-state index in [0.717, 1.165) is 12.1 Å². The minimum atomic E-state index is -3.66. The third-order valence-corrected chi connectivity index (χ3v) is 6.98. The molecule has 1 fully saturated rings. The highest BCUT2D eigenvalue weighted by atomic mass is 32.2. The van der Waals surface area contributed by atoms with Crippen LogP contribution in [0.3, 0.4) is 0 Å². The van der Waals surface area contributed by atoms with Gasteiger partial charge in [0, 0.05) is 37.6 Å². The van der Waals surface area contributed by atoms with Crippen LogP contribution in [0, 0.1) is 11.7 Å². The normalized spacial score (nSPS) is 17.8. The first-order valence-electron chi connectivity index (χ1n) is 7.82. The largest absolute Gasteiger partial charge is 0.327 e. The van der Waals surface area contributed by atoms with Crippen molar-refractivity contribution >= 4 is 27.3 Å². The van der Waals surface area contributed by atoms with E-state index in [2.05, 4.69) is 4.99 Å². The summed E-state index contributed by atoms with van der Waals surface area (Å²) in [5.41, 5.74) is 0. The number of aromatic nitrogens is 1. The highest BCUT2D eigenvalue weighted by Gasteiger charge is 2.32. The standard InChI is InChI=1S/C16H18FN3O3S2/c1-19-10-11-24-16(19)18-15(21)12-6-8-20(9-7-12)25(22,23)14-4-2-13(17)3-5-14/h2-5,10-12H,6-9H2,1H3. The summed E-state index contributed by atoms with van der Waals surface area (Å²) < 4.78 is 41.2. The second kappa shape index (κ2) is 7.19. The summed E-state index contributed by atoms with van der Waals surface area (Å²) in [4.78, 5) is 17.1. The molecular weight excluding hydrogens is 365 g/mol. The smallest absolute Gasteiger partial charge is 0.251 e. The number of piperidine rings is 1. The Labute approximate surface area is 149 Å². The molecule has 0 aliphatic carbocycles. The molecule has 1 aliphatic rings. The molecule has 1 aromatic carbocycles. The van der Waals surface area contributed by atoms with Gasteiger partial charge < -0.3 is 4.57 Å². The topological polar surface area (TPSA) is 71.7 Å². The Morgan fingerprint density at radius 2 is 1.88 bits per heavy atom. The lowest BCUT2D eigenvalue weighted by Gasteiger charge is -2.29. The van der Waals surface area contributed by atoms with E-state index >= 15 is 0 Å². The maximum Gasteiger partial charge on any atom is 0.251 e. The van der Waals surface area contributed by atoms with Crippen LogP contribution >= 0.6 is 11.3 Å². The number of thiazole rings is 1. The molecule has 2 heterocycles. The number of carbonyl (C=O) groups excluding carboxylic acids is 1. The van der Waals surface area contributed by atoms with Crippen molar-refractivity contribution in [3.05, 3.63) is 46.5 Å². The molecule has 0 atom stereocenters. The van der Waals surface area contributed by atoms with E-state index in [1.54, 1.807) is 4.57 Å². The molecule has 0 radical (unpaired) electrons. The van der Waals surface area contributed by atoms with Gasteiger partial charge in [0.15, 0.2) is 4.80 Å². The summed E-state index contributed by atoms with van der Waals surface area (Å²) in [6.07, 6.45) is 2.68. The van der Waals surface area contributed by atoms with Gasteiger partial charge in [-0.2, -0.15) is 9.30 Å². The van der Waals surface area contributed by atoms with Crippen LogP contribution < -0.4 is 4.80 Å². The Kier molecular flexibility index (Phi) is 5.16. The molecular formula is C16H18FN3O3S2. The fraction of sp³-hybridized carbons (Fsp3) is 0.375. The third-order valence-electron chi connectivity index (χ3n) is 4.22. The molecule has 134 valence electrons. The van der Waals surface area contributed by atoms with Gasteiger partial charge in [0.1, 0.15) is 5.82 Å². The van der Waals surface area contributed by atoms with E-state index in [-0.39, 0.29) is 29.8 Å². The predicted octanol–water partition coefficient (Wildman–Crippen LogP) is 1.75. The van der Waals surface area contributed by atoms with Gasteiger partial charge >= 0.3 is 0 Å². The number of hydrogen-bond acceptors (Lipinski definition) is 4. The van der Waals surface area contributed by atoms with E-state index < -0.39 is 15.8 Å². The van der Waals surface area contributed by atoms with E-state index in [1.807, 2.05) is 18.6 Å². The number of amides is 1. The van der Waals surface area contributed by atoms with Crippen molar-refractivity contribution in [1.82, 2.24) is 8.87 Å². The SMILES string of the molecule is Cn1ccsc1=NC(=O)C1CCN(S(=O)(=O)c2ccc(F)cc2)CC1. The number of rotatable bonds is 3. The van der Waals surface area contributed by atoms with Crippen LogP contribution in [0.15, 0.2) is 45.7 Å². The molecule has 1 aliphatic heterocycles. The molecule has 1 aromatic heterocycles. The molecule has 9 heteroatoms. The maximum absolute atomic E-state index is 13.0. The van der Waals surface area contributed by atoms with Gasteiger partial charge in [0.05, 0.1) is 4.90 Å². The zero-order valence-corrected chi connectivity index (χ0v) is 15.3. The summed E-state index contributed by atoms with van der Waals surface area (Å²) in [7, 11) is -1.84. The zero-order valence-electron chi connectivity index (χ0n) is 13.6. The summed E-state index contributed by atoms with van der Waals surface area (Å²) in [6.45, 7) is 0.504. The molecule has 3 rings (SSSR count). The Hall–Kier alpha value is -1.84. The van der Waals surface area contributed by atoms with Crippen LogP contribution in [-0.2, 0) is 21.9 Å². The lowest BCUT2D eigenvalue weighted by molar-refractivity contribution is -0.122. The molecule has 0 bridgehead atoms. The Bertz CT molecular complexity index is 924. The van der Waals surface area contributed by atoms with Crippen molar-refractivity contribution in [2.45, 2.75) is 17.7 Å². The number of hydrogen-bond donors (Lipinski definition) is 0. The van der Waals surface area contributed by atoms with Gasteiger partial charge in [-0.1, -0.05) is 0 Å². The van der Waals surface area contributed by atoms with Crippen LogP contribution in [0.1, 0.15) is 12.8 Å². The monoisotopic (exact) mass is 383 g/mol. The van der Waals surface area contributed by atoms with Gasteiger partial charge in [-0.3, -0.25) is 4.79 Å². The summed E-state index contributed by atoms with van der Waals surface area (Å²) in [6, 6.07) is 4.77. The minimum Gasteiger partial charge on any atom is -0.327 e. The van der Waals surface area contributed by atoms with Crippen molar-refractivity contribution < 1.29 is 17.6 Å². The number of halogens is 1. The highest BCUT2D eigenvalue weighted by molar-refractivity contribution is 7.89. The lowest BCUT2D eigenvalue weighted by atomic mass is 9.98. The molecule has 0 saturated carbocycles. The van der Waals surface area contributed by atoms with Gasteiger partial charge in [0.25, 0.3) is 5.91 Å². The Balaban J connectivity index is 1.68. The fourth-order valence-electron chi connectivity index (χ4n) is 2.72. The minimum absolute atomic E-state index is 0.0639. The van der Waals surface area contributed by atoms with Crippen LogP contribution in [0.4, 0.5) is 4.39 Å². The van der Waals surface area contributed by atoms with Gasteiger partial charge in [0.2, 0.25) is 10.0 Å². The molecule has 1 amide bonds. The summed E-state index contributed by atoms with van der Waals surface area (Å²) >= 11 is 1.38. The maximum atomic E-state index is 13.0. The van der Waals surface area contributed by atoms with Gasteiger partial charge in [-0.05, 0) is 37.1 Å². The second-order valence-electron chi connectivity index (χ2n) is 5.88. The number of nitrogens with zero attached hydrogens (tertiary/aromatic N) is 3. The number of benzene rings is 1. The molecule has 0 unspecified atom stereocenters. The summed E-state index contributed by atoms with van der Waals surface area (Å²) in [5, 5.41) is 1.85. The molecule has 2 aromatic rings. The third kappa shape index (κ3) is 3.88. The van der Waals surface area contributed by atoms with Crippen LogP contribution in [0.5, 0.6) is 0 Å². The van der Waals surface area contributed by atoms with E-state index in [9.17, 15) is 17.6 Å². The van der Waals surface area contributed by atoms with Crippen molar-refractivity contribution in [2.75, 3.05) is 13.1 Å². The highest BCUT2D eigenvalue weighted by Crippen LogP contribution is 2.24. The van der Waals surface area contributed by atoms with Crippen molar-refractivity contribution in [3.8, 4) is 0 Å². The van der Waals surface area contributed by atoms with Crippen LogP contribution in [0.2, 0.25) is 0 Å². The van der Waals surface area contributed by atoms with E-state index in [4.69, 9.17) is 0 Å². The first-order chi connectivity index (χ1) is 11.9. The number of sulfonamides is 1. The fourth-order valence-corrected chi connectivity index (χ4v) is 4.92. The number of aryl methyl sites for hydroxylation is 1.